The lowest BCUT2D eigenvalue weighted by Gasteiger charge is -2.11. The Morgan fingerprint density at radius 2 is 1.75 bits per heavy atom. The van der Waals surface area contributed by atoms with Crippen molar-refractivity contribution in [1.82, 2.24) is 10.9 Å². The van der Waals surface area contributed by atoms with Gasteiger partial charge in [0.2, 0.25) is 0 Å². The number of benzene rings is 2. The average molecular weight is 409 g/mol. The first-order valence-corrected chi connectivity index (χ1v) is 8.20. The van der Waals surface area contributed by atoms with E-state index < -0.39 is 24.4 Å². The Morgan fingerprint density at radius 3 is 2.39 bits per heavy atom. The molecule has 0 bridgehead atoms. The molecular weight excluding hydrogens is 392 g/mol. The summed E-state index contributed by atoms with van der Waals surface area (Å²) in [6.45, 7) is -0.683. The number of phenolic OH excluding ortho intramolecular Hbond substituents is 1. The number of carbonyl (C=O) groups is 3. The maximum atomic E-state index is 12.1. The minimum absolute atomic E-state index is 0.107. The first-order chi connectivity index (χ1) is 13.3. The SMILES string of the molecule is COc1ccc(C(=O)OCC(=O)NNC(=O)c2cc(Cl)ccc2OC)c(O)c1. The molecule has 2 rings (SSSR count). The first kappa shape index (κ1) is 20.8. The van der Waals surface area contributed by atoms with Crippen molar-refractivity contribution in [3.63, 3.8) is 0 Å². The number of rotatable bonds is 6. The number of esters is 1. The van der Waals surface area contributed by atoms with Crippen LogP contribution in [0.1, 0.15) is 20.7 Å². The summed E-state index contributed by atoms with van der Waals surface area (Å²) in [6.07, 6.45) is 0. The number of hydrazine groups is 1. The highest BCUT2D eigenvalue weighted by molar-refractivity contribution is 6.31. The average Bonchev–Trinajstić information content (AvgIpc) is 2.69. The number of nitrogens with one attached hydrogen (secondary N) is 2. The molecule has 9 nitrogen and oxygen atoms in total. The number of carbonyl (C=O) groups excluding carboxylic acids is 3. The van der Waals surface area contributed by atoms with Crippen molar-refractivity contribution in [3.8, 4) is 17.2 Å². The van der Waals surface area contributed by atoms with Gasteiger partial charge < -0.3 is 19.3 Å². The van der Waals surface area contributed by atoms with Gasteiger partial charge in [0.1, 0.15) is 22.8 Å². The van der Waals surface area contributed by atoms with Gasteiger partial charge in [0.15, 0.2) is 6.61 Å². The fourth-order valence-corrected chi connectivity index (χ4v) is 2.28. The van der Waals surface area contributed by atoms with Gasteiger partial charge in [-0.25, -0.2) is 4.79 Å². The first-order valence-electron chi connectivity index (χ1n) is 7.82. The quantitative estimate of drug-likeness (QED) is 0.490. The number of amides is 2. The molecule has 0 spiro atoms. The number of halogens is 1. The number of phenols is 1. The summed E-state index contributed by atoms with van der Waals surface area (Å²) in [4.78, 5) is 35.8. The number of aromatic hydroxyl groups is 1. The summed E-state index contributed by atoms with van der Waals surface area (Å²) >= 11 is 5.85. The van der Waals surface area contributed by atoms with Gasteiger partial charge in [0.05, 0.1) is 19.8 Å². The van der Waals surface area contributed by atoms with Crippen LogP contribution in [0.2, 0.25) is 5.02 Å². The number of ether oxygens (including phenoxy) is 3. The zero-order chi connectivity index (χ0) is 20.7. The van der Waals surface area contributed by atoms with E-state index in [4.69, 9.17) is 25.8 Å². The van der Waals surface area contributed by atoms with Crippen LogP contribution in [0.15, 0.2) is 36.4 Å². The predicted molar refractivity (Wildman–Crippen MR) is 98.6 cm³/mol. The van der Waals surface area contributed by atoms with E-state index in [0.29, 0.717) is 10.8 Å². The molecule has 0 aliphatic rings. The maximum Gasteiger partial charge on any atom is 0.342 e. The molecule has 2 aromatic carbocycles. The van der Waals surface area contributed by atoms with Crippen LogP contribution in [0, 0.1) is 0 Å². The van der Waals surface area contributed by atoms with E-state index in [2.05, 4.69) is 10.9 Å². The molecule has 2 aromatic rings. The van der Waals surface area contributed by atoms with Crippen molar-refractivity contribution in [3.05, 3.63) is 52.5 Å². The third kappa shape index (κ3) is 5.27. The molecule has 0 atom stereocenters. The van der Waals surface area contributed by atoms with Crippen molar-refractivity contribution in [2.24, 2.45) is 0 Å². The minimum atomic E-state index is -0.918. The molecule has 0 aliphatic carbocycles. The molecule has 0 heterocycles. The monoisotopic (exact) mass is 408 g/mol. The standard InChI is InChI=1S/C18H17ClN2O7/c1-26-11-4-5-12(14(22)8-11)18(25)28-9-16(23)20-21-17(24)13-7-10(19)3-6-15(13)27-2/h3-8,22H,9H2,1-2H3,(H,20,23)(H,21,24). The van der Waals surface area contributed by atoms with Crippen LogP contribution in [0.5, 0.6) is 17.2 Å². The lowest BCUT2D eigenvalue weighted by molar-refractivity contribution is -0.125. The van der Waals surface area contributed by atoms with E-state index in [0.717, 1.165) is 0 Å². The smallest absolute Gasteiger partial charge is 0.342 e. The van der Waals surface area contributed by atoms with Crippen molar-refractivity contribution >= 4 is 29.4 Å². The molecule has 0 aliphatic heterocycles. The second-order valence-corrected chi connectivity index (χ2v) is 5.74. The molecule has 0 saturated heterocycles. The fraction of sp³-hybridized carbons (Fsp3) is 0.167. The Balaban J connectivity index is 1.88. The number of hydrogen-bond donors (Lipinski definition) is 3. The molecule has 148 valence electrons. The molecule has 10 heteroatoms. The van der Waals surface area contributed by atoms with Gasteiger partial charge in [0, 0.05) is 11.1 Å². The highest BCUT2D eigenvalue weighted by Crippen LogP contribution is 2.24. The van der Waals surface area contributed by atoms with Crippen molar-refractivity contribution in [1.29, 1.82) is 0 Å². The summed E-state index contributed by atoms with van der Waals surface area (Å²) in [5.41, 5.74) is 4.22. The molecule has 0 radical (unpaired) electrons. The van der Waals surface area contributed by atoms with E-state index in [9.17, 15) is 19.5 Å². The Labute approximate surface area is 165 Å². The summed E-state index contributed by atoms with van der Waals surface area (Å²) in [5, 5.41) is 10.1. The van der Waals surface area contributed by atoms with E-state index in [1.807, 2.05) is 0 Å². The molecule has 0 unspecified atom stereocenters. The van der Waals surface area contributed by atoms with Crippen molar-refractivity contribution in [2.75, 3.05) is 20.8 Å². The Bertz CT molecular complexity index is 901. The van der Waals surface area contributed by atoms with Gasteiger partial charge in [-0.3, -0.25) is 20.4 Å². The van der Waals surface area contributed by atoms with E-state index in [-0.39, 0.29) is 22.6 Å². The maximum absolute atomic E-state index is 12.1. The van der Waals surface area contributed by atoms with Crippen LogP contribution >= 0.6 is 11.6 Å². The number of hydrogen-bond acceptors (Lipinski definition) is 7. The lowest BCUT2D eigenvalue weighted by atomic mass is 10.2. The summed E-state index contributed by atoms with van der Waals surface area (Å²) in [5.74, 6) is -2.13. The highest BCUT2D eigenvalue weighted by atomic mass is 35.5. The molecule has 2 amide bonds. The molecular formula is C18H17ClN2O7. The summed E-state index contributed by atoms with van der Waals surface area (Å²) in [7, 11) is 2.79. The Hall–Kier alpha value is -3.46. The summed E-state index contributed by atoms with van der Waals surface area (Å²) < 4.78 is 14.8. The highest BCUT2D eigenvalue weighted by Gasteiger charge is 2.17. The molecule has 3 N–H and O–H groups in total. The Morgan fingerprint density at radius 1 is 1.00 bits per heavy atom. The van der Waals surface area contributed by atoms with Gasteiger partial charge in [0.25, 0.3) is 11.8 Å². The summed E-state index contributed by atoms with van der Waals surface area (Å²) in [6, 6.07) is 8.40. The molecule has 0 fully saturated rings. The van der Waals surface area contributed by atoms with Gasteiger partial charge in [-0.05, 0) is 30.3 Å². The van der Waals surface area contributed by atoms with Crippen LogP contribution in [-0.2, 0) is 9.53 Å². The largest absolute Gasteiger partial charge is 0.507 e. The zero-order valence-electron chi connectivity index (χ0n) is 14.9. The van der Waals surface area contributed by atoms with Crippen LogP contribution in [0.25, 0.3) is 0 Å². The van der Waals surface area contributed by atoms with Crippen LogP contribution in [-0.4, -0.2) is 43.7 Å². The van der Waals surface area contributed by atoms with Crippen LogP contribution in [0.4, 0.5) is 0 Å². The van der Waals surface area contributed by atoms with Gasteiger partial charge in [-0.15, -0.1) is 0 Å². The minimum Gasteiger partial charge on any atom is -0.507 e. The van der Waals surface area contributed by atoms with E-state index >= 15 is 0 Å². The molecule has 0 saturated carbocycles. The van der Waals surface area contributed by atoms with E-state index in [1.54, 1.807) is 6.07 Å². The number of methoxy groups -OCH3 is 2. The van der Waals surface area contributed by atoms with Gasteiger partial charge in [-0.2, -0.15) is 0 Å². The molecule has 28 heavy (non-hydrogen) atoms. The normalized spacial score (nSPS) is 9.96. The second-order valence-electron chi connectivity index (χ2n) is 5.31. The van der Waals surface area contributed by atoms with Crippen molar-refractivity contribution in [2.45, 2.75) is 0 Å². The third-order valence-electron chi connectivity index (χ3n) is 3.48. The van der Waals surface area contributed by atoms with Gasteiger partial charge in [-0.1, -0.05) is 11.6 Å². The topological polar surface area (TPSA) is 123 Å². The van der Waals surface area contributed by atoms with E-state index in [1.165, 1.54) is 44.6 Å². The second kappa shape index (κ2) is 9.47. The van der Waals surface area contributed by atoms with Crippen LogP contribution in [0.3, 0.4) is 0 Å². The van der Waals surface area contributed by atoms with Crippen molar-refractivity contribution < 1.29 is 33.7 Å². The van der Waals surface area contributed by atoms with Gasteiger partial charge >= 0.3 is 5.97 Å². The third-order valence-corrected chi connectivity index (χ3v) is 3.72. The predicted octanol–water partition coefficient (Wildman–Crippen LogP) is 1.68. The fourth-order valence-electron chi connectivity index (χ4n) is 2.11. The Kier molecular flexibility index (Phi) is 7.05. The zero-order valence-corrected chi connectivity index (χ0v) is 15.7. The van der Waals surface area contributed by atoms with Crippen LogP contribution < -0.4 is 20.3 Å². The lowest BCUT2D eigenvalue weighted by Crippen LogP contribution is -2.43. The molecule has 0 aromatic heterocycles.